The quantitative estimate of drug-likeness (QED) is 0.722. The van der Waals surface area contributed by atoms with Gasteiger partial charge in [0.05, 0.1) is 0 Å². The van der Waals surface area contributed by atoms with E-state index in [1.807, 2.05) is 0 Å². The molecule has 4 heteroatoms. The Morgan fingerprint density at radius 3 is 2.55 bits per heavy atom. The van der Waals surface area contributed by atoms with Crippen LogP contribution in [0.1, 0.15) is 31.7 Å². The van der Waals surface area contributed by atoms with Crippen LogP contribution >= 0.6 is 0 Å². The topological polar surface area (TPSA) is 44.4 Å². The summed E-state index contributed by atoms with van der Waals surface area (Å²) in [7, 11) is 0. The van der Waals surface area contributed by atoms with Crippen molar-refractivity contribution in [2.24, 2.45) is 5.92 Å². The minimum atomic E-state index is 0.193. The van der Waals surface area contributed by atoms with Gasteiger partial charge in [-0.15, -0.1) is 0 Å². The normalized spacial score (nSPS) is 16.6. The lowest BCUT2D eigenvalue weighted by Gasteiger charge is -2.31. The van der Waals surface area contributed by atoms with Gasteiger partial charge in [-0.25, -0.2) is 0 Å². The van der Waals surface area contributed by atoms with Gasteiger partial charge in [-0.2, -0.15) is 0 Å². The first kappa shape index (κ1) is 17.0. The summed E-state index contributed by atoms with van der Waals surface area (Å²) in [6.07, 6.45) is 3.08. The molecule has 1 aromatic carbocycles. The van der Waals surface area contributed by atoms with Crippen LogP contribution in [-0.2, 0) is 11.3 Å². The lowest BCUT2D eigenvalue weighted by molar-refractivity contribution is -0.126. The van der Waals surface area contributed by atoms with Gasteiger partial charge in [0, 0.05) is 25.6 Å². The molecule has 0 aromatic heterocycles. The number of piperidine rings is 1. The monoisotopic (exact) mass is 303 g/mol. The third-order valence-corrected chi connectivity index (χ3v) is 4.24. The second kappa shape index (κ2) is 9.59. The fourth-order valence-electron chi connectivity index (χ4n) is 2.92. The van der Waals surface area contributed by atoms with Crippen LogP contribution in [0, 0.1) is 5.92 Å². The number of nitrogens with one attached hydrogen (secondary N) is 2. The summed E-state index contributed by atoms with van der Waals surface area (Å²) >= 11 is 0. The highest BCUT2D eigenvalue weighted by Crippen LogP contribution is 2.19. The van der Waals surface area contributed by atoms with Crippen molar-refractivity contribution in [1.29, 1.82) is 0 Å². The molecule has 0 radical (unpaired) electrons. The van der Waals surface area contributed by atoms with Crippen molar-refractivity contribution in [3.05, 3.63) is 35.9 Å². The molecule has 0 bridgehead atoms. The Morgan fingerprint density at radius 2 is 1.86 bits per heavy atom. The van der Waals surface area contributed by atoms with Crippen molar-refractivity contribution in [3.8, 4) is 0 Å². The Balaban J connectivity index is 1.63. The number of hydrogen-bond donors (Lipinski definition) is 2. The van der Waals surface area contributed by atoms with Gasteiger partial charge in [-0.1, -0.05) is 37.3 Å². The summed E-state index contributed by atoms with van der Waals surface area (Å²) in [6, 6.07) is 10.6. The van der Waals surface area contributed by atoms with E-state index in [2.05, 4.69) is 52.8 Å². The molecule has 1 aliphatic heterocycles. The molecule has 0 unspecified atom stereocenters. The predicted octanol–water partition coefficient (Wildman–Crippen LogP) is 2.01. The summed E-state index contributed by atoms with van der Waals surface area (Å²) in [4.78, 5) is 14.6. The van der Waals surface area contributed by atoms with E-state index in [1.165, 1.54) is 5.56 Å². The number of carbonyl (C=O) groups excluding carboxylic acids is 1. The van der Waals surface area contributed by atoms with Crippen molar-refractivity contribution >= 4 is 5.91 Å². The van der Waals surface area contributed by atoms with Crippen LogP contribution in [0.5, 0.6) is 0 Å². The molecular weight excluding hydrogens is 274 g/mol. The molecule has 1 saturated heterocycles. The van der Waals surface area contributed by atoms with Gasteiger partial charge in [-0.05, 0) is 44.5 Å². The maximum absolute atomic E-state index is 12.1. The van der Waals surface area contributed by atoms with Gasteiger partial charge in [-0.3, -0.25) is 9.69 Å². The molecule has 1 aromatic rings. The van der Waals surface area contributed by atoms with Crippen molar-refractivity contribution in [2.45, 2.75) is 32.7 Å². The molecule has 2 rings (SSSR count). The zero-order chi connectivity index (χ0) is 15.6. The van der Waals surface area contributed by atoms with E-state index in [9.17, 15) is 4.79 Å². The number of carbonyl (C=O) groups is 1. The average Bonchev–Trinajstić information content (AvgIpc) is 2.56. The number of hydrogen-bond acceptors (Lipinski definition) is 3. The Labute approximate surface area is 134 Å². The van der Waals surface area contributed by atoms with Crippen LogP contribution in [0.4, 0.5) is 0 Å². The predicted molar refractivity (Wildman–Crippen MR) is 90.6 cm³/mol. The van der Waals surface area contributed by atoms with E-state index in [4.69, 9.17) is 0 Å². The van der Waals surface area contributed by atoms with Crippen LogP contribution in [0.25, 0.3) is 0 Å². The molecule has 22 heavy (non-hydrogen) atoms. The summed E-state index contributed by atoms with van der Waals surface area (Å²) in [5.41, 5.74) is 1.35. The fraction of sp³-hybridized carbons (Fsp3) is 0.611. The van der Waals surface area contributed by atoms with Crippen molar-refractivity contribution in [1.82, 2.24) is 15.5 Å². The van der Waals surface area contributed by atoms with Crippen molar-refractivity contribution in [3.63, 3.8) is 0 Å². The van der Waals surface area contributed by atoms with Gasteiger partial charge in [0.2, 0.25) is 5.91 Å². The van der Waals surface area contributed by atoms with Gasteiger partial charge in [0.25, 0.3) is 0 Å². The lowest BCUT2D eigenvalue weighted by Crippen LogP contribution is -2.41. The van der Waals surface area contributed by atoms with E-state index >= 15 is 0 Å². The van der Waals surface area contributed by atoms with Gasteiger partial charge < -0.3 is 10.6 Å². The smallest absolute Gasteiger partial charge is 0.223 e. The number of likely N-dealkylation sites (tertiary alicyclic amines) is 1. The van der Waals surface area contributed by atoms with Crippen molar-refractivity contribution < 1.29 is 4.79 Å². The van der Waals surface area contributed by atoms with E-state index in [-0.39, 0.29) is 11.8 Å². The SMILES string of the molecule is CCCNCCNC(=O)C1CCN(Cc2ccccc2)CC1. The highest BCUT2D eigenvalue weighted by atomic mass is 16.1. The third-order valence-electron chi connectivity index (χ3n) is 4.24. The maximum atomic E-state index is 12.1. The molecule has 122 valence electrons. The Bertz CT molecular complexity index is 427. The summed E-state index contributed by atoms with van der Waals surface area (Å²) in [5.74, 6) is 0.427. The standard InChI is InChI=1S/C18H29N3O/c1-2-10-19-11-12-20-18(22)17-8-13-21(14-9-17)15-16-6-4-3-5-7-16/h3-7,17,19H,2,8-15H2,1H3,(H,20,22). The lowest BCUT2D eigenvalue weighted by atomic mass is 9.95. The first-order valence-electron chi connectivity index (χ1n) is 8.54. The molecule has 0 atom stereocenters. The summed E-state index contributed by atoms with van der Waals surface area (Å²) in [5, 5.41) is 6.36. The molecular formula is C18H29N3O. The van der Waals surface area contributed by atoms with Gasteiger partial charge >= 0.3 is 0 Å². The highest BCUT2D eigenvalue weighted by molar-refractivity contribution is 5.78. The third kappa shape index (κ3) is 5.78. The molecule has 0 aliphatic carbocycles. The number of amides is 1. The average molecular weight is 303 g/mol. The largest absolute Gasteiger partial charge is 0.355 e. The molecule has 0 saturated carbocycles. The minimum Gasteiger partial charge on any atom is -0.355 e. The first-order valence-corrected chi connectivity index (χ1v) is 8.54. The number of rotatable bonds is 8. The Hall–Kier alpha value is -1.39. The first-order chi connectivity index (χ1) is 10.8. The van der Waals surface area contributed by atoms with E-state index in [0.29, 0.717) is 0 Å². The number of nitrogens with zero attached hydrogens (tertiary/aromatic N) is 1. The highest BCUT2D eigenvalue weighted by Gasteiger charge is 2.24. The van der Waals surface area contributed by atoms with Crippen LogP contribution in [0.2, 0.25) is 0 Å². The molecule has 1 heterocycles. The molecule has 1 amide bonds. The molecule has 4 nitrogen and oxygen atoms in total. The second-order valence-corrected chi connectivity index (χ2v) is 6.08. The van der Waals surface area contributed by atoms with Gasteiger partial charge in [0.1, 0.15) is 0 Å². The van der Waals surface area contributed by atoms with Crippen LogP contribution in [-0.4, -0.2) is 43.5 Å². The molecule has 2 N–H and O–H groups in total. The summed E-state index contributed by atoms with van der Waals surface area (Å²) in [6.45, 7) is 7.80. The van der Waals surface area contributed by atoms with E-state index in [1.54, 1.807) is 0 Å². The van der Waals surface area contributed by atoms with Gasteiger partial charge in [0.15, 0.2) is 0 Å². The second-order valence-electron chi connectivity index (χ2n) is 6.08. The Morgan fingerprint density at radius 1 is 1.14 bits per heavy atom. The summed E-state index contributed by atoms with van der Waals surface area (Å²) < 4.78 is 0. The minimum absolute atomic E-state index is 0.193. The maximum Gasteiger partial charge on any atom is 0.223 e. The van der Waals surface area contributed by atoms with Crippen LogP contribution < -0.4 is 10.6 Å². The zero-order valence-electron chi connectivity index (χ0n) is 13.7. The van der Waals surface area contributed by atoms with Crippen LogP contribution in [0.15, 0.2) is 30.3 Å². The molecule has 0 spiro atoms. The van der Waals surface area contributed by atoms with Crippen LogP contribution in [0.3, 0.4) is 0 Å². The number of benzene rings is 1. The Kier molecular flexibility index (Phi) is 7.40. The zero-order valence-corrected chi connectivity index (χ0v) is 13.7. The molecule has 1 fully saturated rings. The molecule has 1 aliphatic rings. The van der Waals surface area contributed by atoms with E-state index < -0.39 is 0 Å². The fourth-order valence-corrected chi connectivity index (χ4v) is 2.92. The van der Waals surface area contributed by atoms with Crippen molar-refractivity contribution in [2.75, 3.05) is 32.7 Å². The van der Waals surface area contributed by atoms with E-state index in [0.717, 1.165) is 58.5 Å².